The minimum atomic E-state index is -0.758. The molecule has 0 heterocycles. The first-order valence-corrected chi connectivity index (χ1v) is 7.17. The molecule has 0 saturated carbocycles. The second-order valence-electron chi connectivity index (χ2n) is 5.28. The molecule has 0 aliphatic rings. The summed E-state index contributed by atoms with van der Waals surface area (Å²) < 4.78 is 0. The van der Waals surface area contributed by atoms with Crippen LogP contribution in [0.2, 0.25) is 0 Å². The van der Waals surface area contributed by atoms with Crippen LogP contribution in [0.5, 0.6) is 17.2 Å². The second kappa shape index (κ2) is 7.15. The molecule has 2 aromatic rings. The van der Waals surface area contributed by atoms with Gasteiger partial charge in [0.2, 0.25) is 0 Å². The van der Waals surface area contributed by atoms with E-state index in [0.717, 1.165) is 12.0 Å². The van der Waals surface area contributed by atoms with Gasteiger partial charge in [-0.05, 0) is 49.2 Å². The van der Waals surface area contributed by atoms with E-state index < -0.39 is 6.10 Å². The van der Waals surface area contributed by atoms with Gasteiger partial charge in [0.05, 0.1) is 6.10 Å². The van der Waals surface area contributed by atoms with Crippen molar-refractivity contribution in [3.63, 3.8) is 0 Å². The number of aliphatic hydroxyl groups is 1. The van der Waals surface area contributed by atoms with E-state index in [1.54, 1.807) is 25.1 Å². The molecule has 5 nitrogen and oxygen atoms in total. The molecule has 5 heteroatoms. The van der Waals surface area contributed by atoms with Crippen molar-refractivity contribution in [3.8, 4) is 17.2 Å². The number of hydrogen-bond acceptors (Lipinski definition) is 5. The van der Waals surface area contributed by atoms with Gasteiger partial charge in [-0.15, -0.1) is 0 Å². The number of aromatic hydroxyl groups is 3. The third-order valence-electron chi connectivity index (χ3n) is 3.68. The van der Waals surface area contributed by atoms with Gasteiger partial charge in [-0.25, -0.2) is 0 Å². The summed E-state index contributed by atoms with van der Waals surface area (Å²) >= 11 is 0. The maximum absolute atomic E-state index is 10.2. The normalized spacial score (nSPS) is 12.3. The van der Waals surface area contributed by atoms with Gasteiger partial charge in [0.1, 0.15) is 5.75 Å². The van der Waals surface area contributed by atoms with Gasteiger partial charge in [0.15, 0.2) is 11.5 Å². The predicted molar refractivity (Wildman–Crippen MR) is 84.1 cm³/mol. The summed E-state index contributed by atoms with van der Waals surface area (Å²) in [6.45, 7) is 2.69. The van der Waals surface area contributed by atoms with Crippen molar-refractivity contribution in [2.24, 2.45) is 0 Å². The van der Waals surface area contributed by atoms with E-state index >= 15 is 0 Å². The Morgan fingerprint density at radius 1 is 1.00 bits per heavy atom. The lowest BCUT2D eigenvalue weighted by Gasteiger charge is -2.16. The fraction of sp³-hybridized carbons (Fsp3) is 0.294. The Bertz CT molecular complexity index is 625. The van der Waals surface area contributed by atoms with E-state index in [1.807, 2.05) is 12.1 Å². The van der Waals surface area contributed by atoms with Crippen LogP contribution in [0.3, 0.4) is 0 Å². The van der Waals surface area contributed by atoms with Crippen LogP contribution >= 0.6 is 0 Å². The summed E-state index contributed by atoms with van der Waals surface area (Å²) in [6.07, 6.45) is 0.0265. The smallest absolute Gasteiger partial charge is 0.160 e. The molecule has 1 unspecified atom stereocenters. The molecular weight excluding hydrogens is 282 g/mol. The summed E-state index contributed by atoms with van der Waals surface area (Å²) in [6, 6.07) is 9.98. The molecule has 0 amide bonds. The average molecular weight is 303 g/mol. The number of nitrogens with one attached hydrogen (secondary N) is 1. The van der Waals surface area contributed by atoms with Crippen LogP contribution in [0.1, 0.15) is 22.8 Å². The maximum Gasteiger partial charge on any atom is 0.160 e. The van der Waals surface area contributed by atoms with Gasteiger partial charge in [0.25, 0.3) is 0 Å². The molecule has 118 valence electrons. The van der Waals surface area contributed by atoms with Crippen LogP contribution in [-0.2, 0) is 6.42 Å². The number of benzene rings is 2. The van der Waals surface area contributed by atoms with Gasteiger partial charge in [-0.3, -0.25) is 0 Å². The monoisotopic (exact) mass is 303 g/mol. The standard InChI is InChI=1S/C17H21NO4/c1-11-14(6-7-15(20)17(11)22)16(21)10-18-9-8-12-2-4-13(19)5-3-12/h2-7,16,18-22H,8-10H2,1H3. The van der Waals surface area contributed by atoms with Gasteiger partial charge >= 0.3 is 0 Å². The molecule has 5 N–H and O–H groups in total. The van der Waals surface area contributed by atoms with Crippen molar-refractivity contribution in [2.75, 3.05) is 13.1 Å². The van der Waals surface area contributed by atoms with Crippen molar-refractivity contribution in [1.29, 1.82) is 0 Å². The molecule has 0 saturated heterocycles. The van der Waals surface area contributed by atoms with Crippen molar-refractivity contribution < 1.29 is 20.4 Å². The third kappa shape index (κ3) is 3.90. The Balaban J connectivity index is 1.84. The summed E-state index contributed by atoms with van der Waals surface area (Å²) in [5, 5.41) is 41.6. The lowest BCUT2D eigenvalue weighted by atomic mass is 10.0. The van der Waals surface area contributed by atoms with E-state index in [0.29, 0.717) is 24.2 Å². The summed E-state index contributed by atoms with van der Waals surface area (Å²) in [5.41, 5.74) is 2.17. The highest BCUT2D eigenvalue weighted by Crippen LogP contribution is 2.33. The molecule has 0 aromatic heterocycles. The van der Waals surface area contributed by atoms with Crippen LogP contribution in [0.15, 0.2) is 36.4 Å². The third-order valence-corrected chi connectivity index (χ3v) is 3.68. The largest absolute Gasteiger partial charge is 0.508 e. The highest BCUT2D eigenvalue weighted by Gasteiger charge is 2.14. The average Bonchev–Trinajstić information content (AvgIpc) is 2.51. The Morgan fingerprint density at radius 2 is 1.68 bits per heavy atom. The van der Waals surface area contributed by atoms with Gasteiger partial charge in [-0.1, -0.05) is 18.2 Å². The SMILES string of the molecule is Cc1c(C(O)CNCCc2ccc(O)cc2)ccc(O)c1O. The summed E-state index contributed by atoms with van der Waals surface area (Å²) in [7, 11) is 0. The predicted octanol–water partition coefficient (Wildman–Crippen LogP) is 1.98. The Morgan fingerprint density at radius 3 is 2.36 bits per heavy atom. The Labute approximate surface area is 129 Å². The minimum absolute atomic E-state index is 0.186. The molecule has 0 spiro atoms. The molecule has 1 atom stereocenters. The van der Waals surface area contributed by atoms with Gasteiger partial charge in [-0.2, -0.15) is 0 Å². The lowest BCUT2D eigenvalue weighted by Crippen LogP contribution is -2.24. The zero-order chi connectivity index (χ0) is 16.1. The Kier molecular flexibility index (Phi) is 5.25. The van der Waals surface area contributed by atoms with Gasteiger partial charge in [0, 0.05) is 12.1 Å². The first-order valence-electron chi connectivity index (χ1n) is 7.17. The minimum Gasteiger partial charge on any atom is -0.508 e. The molecule has 0 aliphatic carbocycles. The molecule has 0 aliphatic heterocycles. The molecule has 0 fully saturated rings. The highest BCUT2D eigenvalue weighted by atomic mass is 16.3. The maximum atomic E-state index is 10.2. The van der Waals surface area contributed by atoms with Crippen molar-refractivity contribution in [3.05, 3.63) is 53.1 Å². The van der Waals surface area contributed by atoms with Crippen molar-refractivity contribution >= 4 is 0 Å². The zero-order valence-electron chi connectivity index (χ0n) is 12.5. The zero-order valence-corrected chi connectivity index (χ0v) is 12.5. The van der Waals surface area contributed by atoms with E-state index in [1.165, 1.54) is 6.07 Å². The first kappa shape index (κ1) is 16.1. The van der Waals surface area contributed by atoms with Crippen LogP contribution in [0.4, 0.5) is 0 Å². The van der Waals surface area contributed by atoms with Crippen molar-refractivity contribution in [2.45, 2.75) is 19.4 Å². The second-order valence-corrected chi connectivity index (χ2v) is 5.28. The molecule has 0 radical (unpaired) electrons. The number of hydrogen-bond donors (Lipinski definition) is 5. The number of aliphatic hydroxyl groups excluding tert-OH is 1. The molecule has 22 heavy (non-hydrogen) atoms. The number of phenolic OH excluding ortho intramolecular Hbond substituents is 3. The van der Waals surface area contributed by atoms with Crippen LogP contribution < -0.4 is 5.32 Å². The van der Waals surface area contributed by atoms with Crippen LogP contribution in [0, 0.1) is 6.92 Å². The fourth-order valence-corrected chi connectivity index (χ4v) is 2.31. The topological polar surface area (TPSA) is 93.0 Å². The van der Waals surface area contributed by atoms with E-state index in [9.17, 15) is 20.4 Å². The summed E-state index contributed by atoms with van der Waals surface area (Å²) in [5.74, 6) is -0.135. The molecule has 2 aromatic carbocycles. The van der Waals surface area contributed by atoms with Crippen LogP contribution in [0.25, 0.3) is 0 Å². The summed E-state index contributed by atoms with van der Waals surface area (Å²) in [4.78, 5) is 0. The quantitative estimate of drug-likeness (QED) is 0.416. The van der Waals surface area contributed by atoms with Gasteiger partial charge < -0.3 is 25.7 Å². The molecule has 0 bridgehead atoms. The van der Waals surface area contributed by atoms with Crippen molar-refractivity contribution in [1.82, 2.24) is 5.32 Å². The lowest BCUT2D eigenvalue weighted by molar-refractivity contribution is 0.174. The number of rotatable bonds is 6. The number of phenols is 3. The van der Waals surface area contributed by atoms with Crippen LogP contribution in [-0.4, -0.2) is 33.5 Å². The molecule has 2 rings (SSSR count). The first-order chi connectivity index (χ1) is 10.5. The Hall–Kier alpha value is -2.24. The van der Waals surface area contributed by atoms with E-state index in [4.69, 9.17) is 0 Å². The fourth-order valence-electron chi connectivity index (χ4n) is 2.31. The van der Waals surface area contributed by atoms with E-state index in [2.05, 4.69) is 5.32 Å². The molecular formula is C17H21NO4. The van der Waals surface area contributed by atoms with E-state index in [-0.39, 0.29) is 17.2 Å². The highest BCUT2D eigenvalue weighted by molar-refractivity contribution is 5.48.